The Hall–Kier alpha value is -2.26. The molecule has 3 fully saturated rings. The van der Waals surface area contributed by atoms with Crippen LogP contribution in [0.4, 0.5) is 18.9 Å². The molecule has 37 heavy (non-hydrogen) atoms. The van der Waals surface area contributed by atoms with E-state index < -0.39 is 72.7 Å². The van der Waals surface area contributed by atoms with Crippen molar-refractivity contribution in [3.8, 4) is 6.07 Å². The van der Waals surface area contributed by atoms with Gasteiger partial charge >= 0.3 is 6.18 Å². The van der Waals surface area contributed by atoms with Gasteiger partial charge in [-0.15, -0.1) is 0 Å². The third kappa shape index (κ3) is 4.13. The molecule has 0 aromatic heterocycles. The number of hydrogen-bond donors (Lipinski definition) is 1. The molecule has 0 spiro atoms. The lowest BCUT2D eigenvalue weighted by molar-refractivity contribution is -0.140. The number of carbonyl (C=O) groups excluding carboxylic acids is 2. The van der Waals surface area contributed by atoms with Crippen molar-refractivity contribution in [2.75, 3.05) is 4.90 Å². The van der Waals surface area contributed by atoms with Gasteiger partial charge < -0.3 is 14.3 Å². The molecule has 7 nitrogen and oxygen atoms in total. The van der Waals surface area contributed by atoms with Crippen molar-refractivity contribution >= 4 is 25.8 Å². The van der Waals surface area contributed by atoms with Crippen LogP contribution in [0.25, 0.3) is 0 Å². The highest BCUT2D eigenvalue weighted by molar-refractivity contribution is 6.74. The number of nitrogens with zero attached hydrogens (tertiary/aromatic N) is 2. The monoisotopic (exact) mass is 538 g/mol. The predicted molar refractivity (Wildman–Crippen MR) is 131 cm³/mol. The highest BCUT2D eigenvalue weighted by Crippen LogP contribution is 2.64. The van der Waals surface area contributed by atoms with Crippen molar-refractivity contribution in [1.82, 2.24) is 0 Å². The Morgan fingerprint density at radius 1 is 1.24 bits per heavy atom. The molecular formula is C26H33F3N2O5Si. The Morgan fingerprint density at radius 3 is 2.35 bits per heavy atom. The average Bonchev–Trinajstić information content (AvgIpc) is 3.27. The van der Waals surface area contributed by atoms with Gasteiger partial charge in [-0.25, -0.2) is 4.90 Å². The third-order valence-electron chi connectivity index (χ3n) is 8.59. The molecule has 0 radical (unpaired) electrons. The molecule has 4 rings (SSSR count). The van der Waals surface area contributed by atoms with Gasteiger partial charge in [0.25, 0.3) is 0 Å². The number of amides is 2. The minimum Gasteiger partial charge on any atom is -0.411 e. The van der Waals surface area contributed by atoms with Gasteiger partial charge in [-0.3, -0.25) is 9.59 Å². The lowest BCUT2D eigenvalue weighted by Gasteiger charge is -2.45. The first-order chi connectivity index (χ1) is 16.8. The van der Waals surface area contributed by atoms with Crippen LogP contribution >= 0.6 is 0 Å². The van der Waals surface area contributed by atoms with Crippen LogP contribution in [-0.4, -0.2) is 48.6 Å². The molecule has 0 saturated carbocycles. The summed E-state index contributed by atoms with van der Waals surface area (Å²) in [5.74, 6) is -3.27. The van der Waals surface area contributed by atoms with Gasteiger partial charge in [0.2, 0.25) is 11.8 Å². The second-order valence-electron chi connectivity index (χ2n) is 12.3. The molecule has 3 aliphatic heterocycles. The third-order valence-corrected chi connectivity index (χ3v) is 13.1. The summed E-state index contributed by atoms with van der Waals surface area (Å²) < 4.78 is 54.1. The number of benzene rings is 1. The molecule has 2 bridgehead atoms. The van der Waals surface area contributed by atoms with Gasteiger partial charge in [-0.2, -0.15) is 18.4 Å². The number of nitriles is 1. The number of rotatable bonds is 5. The molecule has 0 unspecified atom stereocenters. The van der Waals surface area contributed by atoms with Crippen molar-refractivity contribution in [3.05, 3.63) is 29.3 Å². The van der Waals surface area contributed by atoms with Crippen LogP contribution in [0.1, 0.15) is 58.6 Å². The summed E-state index contributed by atoms with van der Waals surface area (Å²) in [6.45, 7) is 13.7. The molecule has 3 saturated heterocycles. The van der Waals surface area contributed by atoms with Crippen LogP contribution in [0.15, 0.2) is 18.2 Å². The normalized spacial score (nSPS) is 32.6. The molecule has 202 valence electrons. The van der Waals surface area contributed by atoms with Gasteiger partial charge in [0.05, 0.1) is 52.5 Å². The minimum absolute atomic E-state index is 0.0388. The van der Waals surface area contributed by atoms with Gasteiger partial charge in [0.15, 0.2) is 8.32 Å². The van der Waals surface area contributed by atoms with E-state index in [9.17, 15) is 27.9 Å². The van der Waals surface area contributed by atoms with Gasteiger partial charge in [0.1, 0.15) is 5.60 Å². The van der Waals surface area contributed by atoms with E-state index in [1.807, 2.05) is 0 Å². The fraction of sp³-hybridized carbons (Fsp3) is 0.654. The average molecular weight is 539 g/mol. The Labute approximate surface area is 215 Å². The highest BCUT2D eigenvalue weighted by Gasteiger charge is 2.78. The Morgan fingerprint density at radius 2 is 1.84 bits per heavy atom. The zero-order valence-electron chi connectivity index (χ0n) is 22.1. The zero-order valence-corrected chi connectivity index (χ0v) is 23.1. The molecular weight excluding hydrogens is 505 g/mol. The Balaban J connectivity index is 1.80. The molecule has 3 heterocycles. The summed E-state index contributed by atoms with van der Waals surface area (Å²) >= 11 is 0. The largest absolute Gasteiger partial charge is 0.417 e. The summed E-state index contributed by atoms with van der Waals surface area (Å²) in [7, 11) is -2.37. The second-order valence-corrected chi connectivity index (χ2v) is 17.1. The van der Waals surface area contributed by atoms with Crippen LogP contribution in [-0.2, 0) is 24.9 Å². The molecule has 1 aromatic rings. The number of carbonyl (C=O) groups is 2. The number of aliphatic hydroxyl groups is 1. The van der Waals surface area contributed by atoms with Crippen molar-refractivity contribution in [3.63, 3.8) is 0 Å². The number of fused-ring (bicyclic) bond motifs is 5. The van der Waals surface area contributed by atoms with Crippen molar-refractivity contribution in [2.24, 2.45) is 11.8 Å². The minimum atomic E-state index is -4.84. The maximum absolute atomic E-state index is 13.9. The van der Waals surface area contributed by atoms with Crippen molar-refractivity contribution in [1.29, 1.82) is 5.26 Å². The number of anilines is 1. The lowest BCUT2D eigenvalue weighted by atomic mass is 9.65. The quantitative estimate of drug-likeness (QED) is 0.428. The zero-order chi connectivity index (χ0) is 27.9. The summed E-state index contributed by atoms with van der Waals surface area (Å²) in [6, 6.07) is 4.33. The molecule has 11 heteroatoms. The van der Waals surface area contributed by atoms with Crippen LogP contribution in [0.5, 0.6) is 0 Å². The van der Waals surface area contributed by atoms with Crippen LogP contribution in [0, 0.1) is 23.2 Å². The summed E-state index contributed by atoms with van der Waals surface area (Å²) in [6.07, 6.45) is -5.93. The molecule has 2 amide bonds. The van der Waals surface area contributed by atoms with E-state index in [4.69, 9.17) is 14.4 Å². The van der Waals surface area contributed by atoms with Crippen LogP contribution < -0.4 is 4.90 Å². The van der Waals surface area contributed by atoms with E-state index in [0.29, 0.717) is 12.5 Å². The summed E-state index contributed by atoms with van der Waals surface area (Å²) in [5, 5.41) is 19.4. The van der Waals surface area contributed by atoms with Crippen molar-refractivity contribution < 1.29 is 37.0 Å². The Bertz CT molecular complexity index is 1190. The first-order valence-electron chi connectivity index (χ1n) is 12.3. The molecule has 0 aliphatic carbocycles. The number of imide groups is 1. The van der Waals surface area contributed by atoms with Crippen LogP contribution in [0.3, 0.4) is 0 Å². The Kier molecular flexibility index (Phi) is 6.28. The number of ether oxygens (including phenoxy) is 1. The number of alkyl halides is 3. The fourth-order valence-electron chi connectivity index (χ4n) is 6.01. The lowest BCUT2D eigenvalue weighted by Crippen LogP contribution is -2.57. The fourth-order valence-corrected chi connectivity index (χ4v) is 7.35. The number of aliphatic hydroxyl groups excluding tert-OH is 1. The number of hydrogen-bond acceptors (Lipinski definition) is 6. The maximum Gasteiger partial charge on any atom is 0.417 e. The van der Waals surface area contributed by atoms with Gasteiger partial charge in [-0.1, -0.05) is 20.8 Å². The first-order valence-corrected chi connectivity index (χ1v) is 15.2. The standard InChI is InChI=1S/C26H33F3N2O5Si/c1-14(32)11-25-18(35-37(6,7)23(2,3)4)12-24(5,36-25)19-20(25)22(34)31(21(19)33)16-9-8-15(13-30)17(10-16)26(27,28)29/h8-10,14,18-20,32H,11-12H2,1-7H3/t14-,18-,19+,20-,24+,25-/m0/s1. The molecule has 1 N–H and O–H groups in total. The molecule has 1 aromatic carbocycles. The first kappa shape index (κ1) is 27.8. The van der Waals surface area contributed by atoms with E-state index in [0.717, 1.165) is 11.0 Å². The smallest absolute Gasteiger partial charge is 0.411 e. The van der Waals surface area contributed by atoms with Crippen LogP contribution in [0.2, 0.25) is 18.1 Å². The van der Waals surface area contributed by atoms with Crippen molar-refractivity contribution in [2.45, 2.75) is 95.2 Å². The topological polar surface area (TPSA) is 99.9 Å². The molecule has 3 aliphatic rings. The predicted octanol–water partition coefficient (Wildman–Crippen LogP) is 4.78. The summed E-state index contributed by atoms with van der Waals surface area (Å²) in [4.78, 5) is 28.4. The van der Waals surface area contributed by atoms with Gasteiger partial charge in [0, 0.05) is 12.8 Å². The highest BCUT2D eigenvalue weighted by atomic mass is 28.4. The maximum atomic E-state index is 13.9. The van der Waals surface area contributed by atoms with E-state index in [1.165, 1.54) is 12.1 Å². The van der Waals surface area contributed by atoms with E-state index in [-0.39, 0.29) is 17.1 Å². The molecule has 6 atom stereocenters. The second kappa shape index (κ2) is 8.37. The SMILES string of the molecule is C[C@H](O)C[C@]12O[C@](C)(C[C@@H]1O[Si](C)(C)C(C)(C)C)[C@H]1C(=O)N(c3ccc(C#N)c(C(F)(F)F)c3)C(=O)[C@H]12. The van der Waals surface area contributed by atoms with Gasteiger partial charge in [-0.05, 0) is 50.2 Å². The van der Waals surface area contributed by atoms with E-state index >= 15 is 0 Å². The van der Waals surface area contributed by atoms with E-state index in [1.54, 1.807) is 13.8 Å². The number of halogens is 3. The summed E-state index contributed by atoms with van der Waals surface area (Å²) in [5.41, 5.74) is -4.45. The van der Waals surface area contributed by atoms with E-state index in [2.05, 4.69) is 33.9 Å².